The van der Waals surface area contributed by atoms with Crippen molar-refractivity contribution < 1.29 is 9.47 Å². The number of benzene rings is 1. The molecule has 0 aliphatic heterocycles. The van der Waals surface area contributed by atoms with Crippen LogP contribution in [-0.4, -0.2) is 19.8 Å². The Morgan fingerprint density at radius 2 is 2.00 bits per heavy atom. The summed E-state index contributed by atoms with van der Waals surface area (Å²) in [5, 5.41) is 0. The molecule has 3 nitrogen and oxygen atoms in total. The minimum atomic E-state index is 0.519. The summed E-state index contributed by atoms with van der Waals surface area (Å²) in [5.41, 5.74) is 7.79. The van der Waals surface area contributed by atoms with Crippen molar-refractivity contribution in [3.8, 4) is 11.5 Å². The van der Waals surface area contributed by atoms with Crippen molar-refractivity contribution >= 4 is 31.9 Å². The normalized spacial score (nSPS) is 10.3. The first-order chi connectivity index (χ1) is 10.1. The maximum atomic E-state index is 5.92. The summed E-state index contributed by atoms with van der Waals surface area (Å²) in [7, 11) is 0. The molecule has 0 fully saturated rings. The molecule has 1 rings (SSSR count). The second-order valence-corrected chi connectivity index (χ2v) is 7.50. The minimum absolute atomic E-state index is 0.519. The van der Waals surface area contributed by atoms with Gasteiger partial charge in [0.25, 0.3) is 0 Å². The summed E-state index contributed by atoms with van der Waals surface area (Å²) in [6, 6.07) is 4.08. The molecule has 0 aromatic heterocycles. The number of hydrogen-bond acceptors (Lipinski definition) is 3. The molecule has 0 atom stereocenters. The van der Waals surface area contributed by atoms with Crippen LogP contribution in [0.3, 0.4) is 0 Å². The summed E-state index contributed by atoms with van der Waals surface area (Å²) in [4.78, 5) is 0. The predicted octanol–water partition coefficient (Wildman–Crippen LogP) is 4.69. The number of ether oxygens (including phenoxy) is 2. The maximum Gasteiger partial charge on any atom is 0.125 e. The van der Waals surface area contributed by atoms with Gasteiger partial charge in [0.05, 0.1) is 10.00 Å². The van der Waals surface area contributed by atoms with E-state index >= 15 is 0 Å². The summed E-state index contributed by atoms with van der Waals surface area (Å²) >= 11 is 6.62. The molecule has 2 N–H and O–H groups in total. The zero-order valence-electron chi connectivity index (χ0n) is 12.6. The first-order valence-corrected chi connectivity index (χ1v) is 8.77. The van der Waals surface area contributed by atoms with Gasteiger partial charge in [0.1, 0.15) is 18.1 Å². The van der Waals surface area contributed by atoms with Crippen LogP contribution in [0.4, 0.5) is 0 Å². The van der Waals surface area contributed by atoms with Crippen molar-refractivity contribution in [1.82, 2.24) is 0 Å². The molecule has 0 unspecified atom stereocenters. The molecule has 0 saturated heterocycles. The minimum Gasteiger partial charge on any atom is -0.493 e. The van der Waals surface area contributed by atoms with Crippen molar-refractivity contribution in [1.29, 1.82) is 0 Å². The molecule has 5 heteroatoms. The van der Waals surface area contributed by atoms with E-state index in [2.05, 4.69) is 51.8 Å². The van der Waals surface area contributed by atoms with E-state index in [1.54, 1.807) is 0 Å². The van der Waals surface area contributed by atoms with E-state index in [-0.39, 0.29) is 0 Å². The lowest BCUT2D eigenvalue weighted by atomic mass is 10.1. The highest BCUT2D eigenvalue weighted by molar-refractivity contribution is 9.28. The summed E-state index contributed by atoms with van der Waals surface area (Å²) in [6.07, 6.45) is 4.82. The van der Waals surface area contributed by atoms with E-state index in [0.29, 0.717) is 19.8 Å². The summed E-state index contributed by atoms with van der Waals surface area (Å²) < 4.78 is 12.5. The Bertz CT molecular complexity index is 472. The molecule has 0 radical (unpaired) electrons. The summed E-state index contributed by atoms with van der Waals surface area (Å²) in [6.45, 7) is 6.13. The zero-order valence-corrected chi connectivity index (χ0v) is 15.8. The van der Waals surface area contributed by atoms with Gasteiger partial charge >= 0.3 is 0 Å². The van der Waals surface area contributed by atoms with E-state index in [9.17, 15) is 0 Å². The number of unbranched alkanes of at least 4 members (excludes halogenated alkanes) is 1. The quantitative estimate of drug-likeness (QED) is 0.589. The first kappa shape index (κ1) is 18.5. The first-order valence-electron chi connectivity index (χ1n) is 7.18. The van der Waals surface area contributed by atoms with Gasteiger partial charge < -0.3 is 15.2 Å². The fourth-order valence-corrected chi connectivity index (χ4v) is 2.25. The highest BCUT2D eigenvalue weighted by Gasteiger charge is 2.09. The van der Waals surface area contributed by atoms with Gasteiger partial charge in [0.15, 0.2) is 0 Å². The van der Waals surface area contributed by atoms with Crippen LogP contribution in [0.1, 0.15) is 30.9 Å². The number of nitrogens with two attached hydrogens (primary N) is 1. The Kier molecular flexibility index (Phi) is 9.04. The highest BCUT2D eigenvalue weighted by Crippen LogP contribution is 2.30. The van der Waals surface area contributed by atoms with Gasteiger partial charge in [-0.25, -0.2) is 0 Å². The van der Waals surface area contributed by atoms with E-state index in [1.165, 1.54) is 5.56 Å². The summed E-state index contributed by atoms with van der Waals surface area (Å²) in [5.74, 6) is 1.86. The Morgan fingerprint density at radius 1 is 1.24 bits per heavy atom. The molecule has 118 valence electrons. The third-order valence-corrected chi connectivity index (χ3v) is 3.69. The van der Waals surface area contributed by atoms with Gasteiger partial charge in [0, 0.05) is 0 Å². The lowest BCUT2D eigenvalue weighted by Gasteiger charge is -2.15. The zero-order chi connectivity index (χ0) is 15.7. The lowest BCUT2D eigenvalue weighted by molar-refractivity contribution is 0.301. The van der Waals surface area contributed by atoms with Crippen molar-refractivity contribution in [2.24, 2.45) is 5.73 Å². The standard InChI is InChI=1S/C16H23Br2NO2/c1-3-13-11-14(20-9-6-15(17)18)10-12(2)16(13)21-8-5-4-7-19/h6,10-11H,3-5,7-9,19H2,1-2H3. The number of aryl methyl sites for hydroxylation is 2. The average molecular weight is 421 g/mol. The second kappa shape index (κ2) is 10.2. The van der Waals surface area contributed by atoms with Crippen LogP contribution >= 0.6 is 31.9 Å². The van der Waals surface area contributed by atoms with Crippen LogP contribution < -0.4 is 15.2 Å². The molecule has 1 aromatic carbocycles. The number of hydrogen-bond donors (Lipinski definition) is 1. The van der Waals surface area contributed by atoms with Crippen LogP contribution in [0.2, 0.25) is 0 Å². The Balaban J connectivity index is 2.74. The van der Waals surface area contributed by atoms with Crippen LogP contribution in [0.25, 0.3) is 0 Å². The van der Waals surface area contributed by atoms with Gasteiger partial charge in [-0.2, -0.15) is 0 Å². The van der Waals surface area contributed by atoms with Gasteiger partial charge in [-0.3, -0.25) is 0 Å². The third kappa shape index (κ3) is 6.85. The van der Waals surface area contributed by atoms with Crippen LogP contribution in [0, 0.1) is 6.92 Å². The van der Waals surface area contributed by atoms with Crippen molar-refractivity contribution in [3.05, 3.63) is 32.7 Å². The largest absolute Gasteiger partial charge is 0.493 e. The van der Waals surface area contributed by atoms with E-state index in [1.807, 2.05) is 12.1 Å². The monoisotopic (exact) mass is 419 g/mol. The van der Waals surface area contributed by atoms with Crippen molar-refractivity contribution in [2.45, 2.75) is 33.1 Å². The van der Waals surface area contributed by atoms with Crippen molar-refractivity contribution in [3.63, 3.8) is 0 Å². The topological polar surface area (TPSA) is 44.5 Å². The van der Waals surface area contributed by atoms with Gasteiger partial charge in [-0.15, -0.1) is 0 Å². The number of halogens is 2. The van der Waals surface area contributed by atoms with Gasteiger partial charge in [-0.1, -0.05) is 6.92 Å². The fraction of sp³-hybridized carbons (Fsp3) is 0.500. The van der Waals surface area contributed by atoms with Crippen LogP contribution in [-0.2, 0) is 6.42 Å². The molecule has 0 heterocycles. The molecule has 0 spiro atoms. The molecular formula is C16H23Br2NO2. The molecule has 0 amide bonds. The molecular weight excluding hydrogens is 398 g/mol. The molecule has 0 aliphatic rings. The highest BCUT2D eigenvalue weighted by atomic mass is 79.9. The SMILES string of the molecule is CCc1cc(OCC=C(Br)Br)cc(C)c1OCCCCN. The van der Waals surface area contributed by atoms with Crippen LogP contribution in [0.15, 0.2) is 21.6 Å². The lowest BCUT2D eigenvalue weighted by Crippen LogP contribution is -2.06. The number of rotatable bonds is 9. The van der Waals surface area contributed by atoms with Gasteiger partial charge in [-0.05, 0) is 93.9 Å². The van der Waals surface area contributed by atoms with Crippen LogP contribution in [0.5, 0.6) is 11.5 Å². The molecule has 1 aromatic rings. The Morgan fingerprint density at radius 3 is 2.62 bits per heavy atom. The predicted molar refractivity (Wildman–Crippen MR) is 95.8 cm³/mol. The van der Waals surface area contributed by atoms with Gasteiger partial charge in [0.2, 0.25) is 0 Å². The molecule has 0 bridgehead atoms. The average Bonchev–Trinajstić information content (AvgIpc) is 2.44. The maximum absolute atomic E-state index is 5.92. The van der Waals surface area contributed by atoms with Crippen molar-refractivity contribution in [2.75, 3.05) is 19.8 Å². The molecule has 21 heavy (non-hydrogen) atoms. The third-order valence-electron chi connectivity index (χ3n) is 3.04. The molecule has 0 aliphatic carbocycles. The Hall–Kier alpha value is -0.520. The Labute approximate surface area is 144 Å². The second-order valence-electron chi connectivity index (χ2n) is 4.73. The fourth-order valence-electron chi connectivity index (χ4n) is 1.99. The molecule has 0 saturated carbocycles. The van der Waals surface area contributed by atoms with E-state index in [4.69, 9.17) is 15.2 Å². The van der Waals surface area contributed by atoms with E-state index in [0.717, 1.165) is 39.7 Å². The smallest absolute Gasteiger partial charge is 0.125 e. The van der Waals surface area contributed by atoms with E-state index < -0.39 is 0 Å².